The molecule has 114 valence electrons. The quantitative estimate of drug-likeness (QED) is 0.798. The van der Waals surface area contributed by atoms with Gasteiger partial charge in [-0.25, -0.2) is 4.98 Å². The van der Waals surface area contributed by atoms with Crippen molar-refractivity contribution in [1.82, 2.24) is 9.55 Å². The van der Waals surface area contributed by atoms with Crippen molar-refractivity contribution in [3.63, 3.8) is 0 Å². The summed E-state index contributed by atoms with van der Waals surface area (Å²) in [5.41, 5.74) is 1.13. The molecule has 1 fully saturated rings. The molecular formula is C17H31N3. The van der Waals surface area contributed by atoms with Crippen molar-refractivity contribution in [2.75, 3.05) is 5.32 Å². The molecule has 20 heavy (non-hydrogen) atoms. The van der Waals surface area contributed by atoms with Crippen LogP contribution in [0.2, 0.25) is 0 Å². The smallest absolute Gasteiger partial charge is 0.203 e. The molecule has 0 amide bonds. The summed E-state index contributed by atoms with van der Waals surface area (Å²) >= 11 is 0. The molecule has 1 N–H and O–H groups in total. The van der Waals surface area contributed by atoms with E-state index in [1.54, 1.807) is 0 Å². The van der Waals surface area contributed by atoms with E-state index in [-0.39, 0.29) is 0 Å². The zero-order valence-electron chi connectivity index (χ0n) is 13.7. The summed E-state index contributed by atoms with van der Waals surface area (Å²) in [5.74, 6) is 1.86. The number of nitrogens with one attached hydrogen (secondary N) is 1. The van der Waals surface area contributed by atoms with Crippen molar-refractivity contribution in [3.8, 4) is 0 Å². The minimum absolute atomic E-state index is 0.495. The third kappa shape index (κ3) is 4.00. The van der Waals surface area contributed by atoms with Gasteiger partial charge in [-0.15, -0.1) is 0 Å². The molecule has 1 aliphatic carbocycles. The molecule has 1 heterocycles. The topological polar surface area (TPSA) is 29.9 Å². The molecule has 3 nitrogen and oxygen atoms in total. The molecular weight excluding hydrogens is 246 g/mol. The molecule has 2 unspecified atom stereocenters. The van der Waals surface area contributed by atoms with E-state index in [2.05, 4.69) is 43.8 Å². The van der Waals surface area contributed by atoms with Gasteiger partial charge in [0.25, 0.3) is 0 Å². The van der Waals surface area contributed by atoms with E-state index in [0.717, 1.165) is 17.6 Å². The molecule has 0 aliphatic heterocycles. The Balaban J connectivity index is 2.03. The Morgan fingerprint density at radius 2 is 2.00 bits per heavy atom. The summed E-state index contributed by atoms with van der Waals surface area (Å²) in [4.78, 5) is 4.71. The van der Waals surface area contributed by atoms with Crippen molar-refractivity contribution in [2.24, 2.45) is 5.92 Å². The Labute approximate surface area is 124 Å². The second kappa shape index (κ2) is 7.14. The number of anilines is 1. The van der Waals surface area contributed by atoms with E-state index in [4.69, 9.17) is 4.98 Å². The lowest BCUT2D eigenvalue weighted by atomic mass is 9.95. The zero-order valence-corrected chi connectivity index (χ0v) is 13.7. The van der Waals surface area contributed by atoms with E-state index >= 15 is 0 Å². The highest BCUT2D eigenvalue weighted by molar-refractivity contribution is 5.31. The number of imidazole rings is 1. The van der Waals surface area contributed by atoms with Gasteiger partial charge < -0.3 is 9.88 Å². The lowest BCUT2D eigenvalue weighted by Crippen LogP contribution is -2.22. The van der Waals surface area contributed by atoms with Crippen LogP contribution in [0, 0.1) is 12.8 Å². The first-order chi connectivity index (χ1) is 9.60. The van der Waals surface area contributed by atoms with Crippen molar-refractivity contribution in [3.05, 3.63) is 11.9 Å². The molecule has 0 saturated heterocycles. The summed E-state index contributed by atoms with van der Waals surface area (Å²) in [6, 6.07) is 1.15. The van der Waals surface area contributed by atoms with E-state index in [9.17, 15) is 0 Å². The van der Waals surface area contributed by atoms with Gasteiger partial charge in [-0.2, -0.15) is 0 Å². The van der Waals surface area contributed by atoms with Crippen LogP contribution in [0.25, 0.3) is 0 Å². The van der Waals surface area contributed by atoms with Crippen LogP contribution in [0.4, 0.5) is 5.95 Å². The predicted octanol–water partition coefficient (Wildman–Crippen LogP) is 4.93. The minimum Gasteiger partial charge on any atom is -0.353 e. The van der Waals surface area contributed by atoms with Gasteiger partial charge in [0.05, 0.1) is 5.69 Å². The standard InChI is InChI=1S/C17H31N3/c1-5-13(2)11-14(3)18-17-19-15(4)12-20(17)16-9-7-6-8-10-16/h12-14,16H,5-11H2,1-4H3,(H,18,19). The number of rotatable bonds is 6. The molecule has 2 atom stereocenters. The van der Waals surface area contributed by atoms with Gasteiger partial charge in [0.2, 0.25) is 5.95 Å². The number of aryl methyl sites for hydroxylation is 1. The molecule has 1 aromatic heterocycles. The number of hydrogen-bond donors (Lipinski definition) is 1. The lowest BCUT2D eigenvalue weighted by molar-refractivity contribution is 0.354. The minimum atomic E-state index is 0.495. The fourth-order valence-corrected chi connectivity index (χ4v) is 3.31. The van der Waals surface area contributed by atoms with E-state index in [1.807, 2.05) is 0 Å². The Morgan fingerprint density at radius 3 is 2.65 bits per heavy atom. The molecule has 2 rings (SSSR count). The molecule has 3 heteroatoms. The average molecular weight is 277 g/mol. The van der Waals surface area contributed by atoms with Gasteiger partial charge >= 0.3 is 0 Å². The number of hydrogen-bond acceptors (Lipinski definition) is 2. The first kappa shape index (κ1) is 15.4. The fourth-order valence-electron chi connectivity index (χ4n) is 3.31. The SMILES string of the molecule is CCC(C)CC(C)Nc1nc(C)cn1C1CCCCC1. The van der Waals surface area contributed by atoms with Crippen molar-refractivity contribution in [2.45, 2.75) is 84.7 Å². The third-order valence-electron chi connectivity index (χ3n) is 4.65. The van der Waals surface area contributed by atoms with Gasteiger partial charge in [-0.05, 0) is 39.0 Å². The summed E-state index contributed by atoms with van der Waals surface area (Å²) in [6.07, 6.45) is 11.4. The molecule has 1 saturated carbocycles. The molecule has 0 radical (unpaired) electrons. The fraction of sp³-hybridized carbons (Fsp3) is 0.824. The second-order valence-electron chi connectivity index (χ2n) is 6.70. The highest BCUT2D eigenvalue weighted by Crippen LogP contribution is 2.31. The van der Waals surface area contributed by atoms with Crippen LogP contribution < -0.4 is 5.32 Å². The van der Waals surface area contributed by atoms with Crippen LogP contribution in [0.1, 0.15) is 77.5 Å². The number of nitrogens with zero attached hydrogens (tertiary/aromatic N) is 2. The first-order valence-electron chi connectivity index (χ1n) is 8.42. The van der Waals surface area contributed by atoms with Crippen LogP contribution in [-0.2, 0) is 0 Å². The largest absolute Gasteiger partial charge is 0.353 e. The van der Waals surface area contributed by atoms with Crippen LogP contribution >= 0.6 is 0 Å². The monoisotopic (exact) mass is 277 g/mol. The van der Waals surface area contributed by atoms with Crippen LogP contribution in [-0.4, -0.2) is 15.6 Å². The summed E-state index contributed by atoms with van der Waals surface area (Å²) in [5, 5.41) is 3.65. The van der Waals surface area contributed by atoms with Crippen LogP contribution in [0.3, 0.4) is 0 Å². The summed E-state index contributed by atoms with van der Waals surface area (Å²) in [6.45, 7) is 8.98. The highest BCUT2D eigenvalue weighted by atomic mass is 15.2. The van der Waals surface area contributed by atoms with Crippen molar-refractivity contribution in [1.29, 1.82) is 0 Å². The molecule has 0 aromatic carbocycles. The van der Waals surface area contributed by atoms with E-state index in [0.29, 0.717) is 12.1 Å². The Bertz CT molecular complexity index is 404. The highest BCUT2D eigenvalue weighted by Gasteiger charge is 2.20. The van der Waals surface area contributed by atoms with Gasteiger partial charge in [-0.1, -0.05) is 39.5 Å². The number of aromatic nitrogens is 2. The maximum absolute atomic E-state index is 4.71. The third-order valence-corrected chi connectivity index (χ3v) is 4.65. The lowest BCUT2D eigenvalue weighted by Gasteiger charge is -2.26. The Hall–Kier alpha value is -0.990. The maximum Gasteiger partial charge on any atom is 0.203 e. The Kier molecular flexibility index (Phi) is 5.50. The predicted molar refractivity (Wildman–Crippen MR) is 86.2 cm³/mol. The van der Waals surface area contributed by atoms with Crippen molar-refractivity contribution >= 4 is 5.95 Å². The maximum atomic E-state index is 4.71. The van der Waals surface area contributed by atoms with Gasteiger partial charge in [0.1, 0.15) is 0 Å². The van der Waals surface area contributed by atoms with Gasteiger partial charge in [-0.3, -0.25) is 0 Å². The Morgan fingerprint density at radius 1 is 1.30 bits per heavy atom. The van der Waals surface area contributed by atoms with Gasteiger partial charge in [0, 0.05) is 18.3 Å². The molecule has 1 aromatic rings. The van der Waals surface area contributed by atoms with Crippen LogP contribution in [0.15, 0.2) is 6.20 Å². The second-order valence-corrected chi connectivity index (χ2v) is 6.70. The average Bonchev–Trinajstić information content (AvgIpc) is 2.80. The molecule has 0 spiro atoms. The normalized spacial score (nSPS) is 19.8. The zero-order chi connectivity index (χ0) is 14.5. The summed E-state index contributed by atoms with van der Waals surface area (Å²) in [7, 11) is 0. The van der Waals surface area contributed by atoms with Crippen molar-refractivity contribution < 1.29 is 0 Å². The van der Waals surface area contributed by atoms with E-state index < -0.39 is 0 Å². The summed E-state index contributed by atoms with van der Waals surface area (Å²) < 4.78 is 2.40. The van der Waals surface area contributed by atoms with Gasteiger partial charge in [0.15, 0.2) is 0 Å². The van der Waals surface area contributed by atoms with Crippen LogP contribution in [0.5, 0.6) is 0 Å². The molecule has 0 bridgehead atoms. The molecule has 1 aliphatic rings. The first-order valence-corrected chi connectivity index (χ1v) is 8.42. The van der Waals surface area contributed by atoms with E-state index in [1.165, 1.54) is 44.9 Å².